The van der Waals surface area contributed by atoms with Gasteiger partial charge in [0.05, 0.1) is 25.2 Å². The lowest BCUT2D eigenvalue weighted by molar-refractivity contribution is -0.175. The van der Waals surface area contributed by atoms with Crippen LogP contribution in [-0.4, -0.2) is 42.4 Å². The zero-order chi connectivity index (χ0) is 12.3. The number of halogens is 3. The molecule has 8 heteroatoms. The average Bonchev–Trinajstić information content (AvgIpc) is 2.16. The van der Waals surface area contributed by atoms with Gasteiger partial charge in [-0.15, -0.1) is 0 Å². The van der Waals surface area contributed by atoms with Crippen LogP contribution in [0, 0.1) is 5.92 Å². The van der Waals surface area contributed by atoms with E-state index in [9.17, 15) is 22.8 Å². The number of amides is 1. The molecule has 1 aliphatic heterocycles. The van der Waals surface area contributed by atoms with Gasteiger partial charge in [-0.3, -0.25) is 9.59 Å². The van der Waals surface area contributed by atoms with Crippen molar-refractivity contribution in [3.05, 3.63) is 0 Å². The summed E-state index contributed by atoms with van der Waals surface area (Å²) < 4.78 is 40.5. The van der Waals surface area contributed by atoms with Crippen molar-refractivity contribution >= 4 is 11.9 Å². The van der Waals surface area contributed by atoms with Crippen LogP contribution in [-0.2, 0) is 14.3 Å². The quantitative estimate of drug-likeness (QED) is 0.721. The fraction of sp³-hybridized carbons (Fsp3) is 0.750. The Balaban J connectivity index is 2.49. The van der Waals surface area contributed by atoms with Crippen molar-refractivity contribution in [1.29, 1.82) is 0 Å². The van der Waals surface area contributed by atoms with Gasteiger partial charge in [-0.25, -0.2) is 0 Å². The summed E-state index contributed by atoms with van der Waals surface area (Å²) in [7, 11) is 0. The summed E-state index contributed by atoms with van der Waals surface area (Å²) >= 11 is 0. The Labute approximate surface area is 88.6 Å². The monoisotopic (exact) mass is 241 g/mol. The molecule has 0 radical (unpaired) electrons. The molecule has 5 nitrogen and oxygen atoms in total. The van der Waals surface area contributed by atoms with Gasteiger partial charge in [-0.05, 0) is 6.42 Å². The minimum atomic E-state index is -4.96. The van der Waals surface area contributed by atoms with Gasteiger partial charge in [0, 0.05) is 0 Å². The lowest BCUT2D eigenvalue weighted by Crippen LogP contribution is -2.49. The van der Waals surface area contributed by atoms with E-state index in [0.717, 1.165) is 0 Å². The van der Waals surface area contributed by atoms with E-state index in [2.05, 4.69) is 0 Å². The summed E-state index contributed by atoms with van der Waals surface area (Å²) in [6, 6.07) is -0.913. The molecular weight excluding hydrogens is 231 g/mol. The second kappa shape index (κ2) is 4.69. The molecule has 2 N–H and O–H groups in total. The van der Waals surface area contributed by atoms with Crippen LogP contribution in [0.4, 0.5) is 13.2 Å². The first-order valence-electron chi connectivity index (χ1n) is 4.49. The molecular formula is C8H10F3NO4. The Morgan fingerprint density at radius 2 is 1.94 bits per heavy atom. The fourth-order valence-corrected chi connectivity index (χ4v) is 1.37. The zero-order valence-corrected chi connectivity index (χ0v) is 8.08. The standard InChI is InChI=1S/C8H10F3NO4/c9-8(10,11)7(15)12-5-1-4(6(13)14)2-16-3-5/h4-5H,1-3H2,(H,12,15)(H,13,14)/t4-,5+/m0/s1. The number of alkyl halides is 3. The molecule has 0 bridgehead atoms. The van der Waals surface area contributed by atoms with Crippen molar-refractivity contribution < 1.29 is 32.6 Å². The average molecular weight is 241 g/mol. The van der Waals surface area contributed by atoms with Crippen molar-refractivity contribution in [2.75, 3.05) is 13.2 Å². The summed E-state index contributed by atoms with van der Waals surface area (Å²) in [6.07, 6.45) is -5.02. The van der Waals surface area contributed by atoms with Crippen LogP contribution in [0.1, 0.15) is 6.42 Å². The molecule has 1 heterocycles. The van der Waals surface area contributed by atoms with Gasteiger partial charge in [-0.1, -0.05) is 0 Å². The first-order chi connectivity index (χ1) is 7.30. The molecule has 0 aromatic heterocycles. The number of carboxylic acid groups (broad SMARTS) is 1. The number of rotatable bonds is 2. The minimum absolute atomic E-state index is 0.0479. The summed E-state index contributed by atoms with van der Waals surface area (Å²) in [5.41, 5.74) is 0. The highest BCUT2D eigenvalue weighted by molar-refractivity contribution is 5.82. The molecule has 0 aromatic rings. The largest absolute Gasteiger partial charge is 0.481 e. The minimum Gasteiger partial charge on any atom is -0.481 e. The van der Waals surface area contributed by atoms with Crippen LogP contribution in [0.3, 0.4) is 0 Å². The number of ether oxygens (including phenoxy) is 1. The molecule has 1 saturated heterocycles. The van der Waals surface area contributed by atoms with E-state index >= 15 is 0 Å². The van der Waals surface area contributed by atoms with Crippen molar-refractivity contribution in [3.63, 3.8) is 0 Å². The molecule has 0 aromatic carbocycles. The highest BCUT2D eigenvalue weighted by Crippen LogP contribution is 2.18. The van der Waals surface area contributed by atoms with Crippen LogP contribution in [0.5, 0.6) is 0 Å². The van der Waals surface area contributed by atoms with E-state index < -0.39 is 30.0 Å². The van der Waals surface area contributed by atoms with Crippen LogP contribution < -0.4 is 5.32 Å². The van der Waals surface area contributed by atoms with Gasteiger partial charge in [-0.2, -0.15) is 13.2 Å². The van der Waals surface area contributed by atoms with Crippen molar-refractivity contribution in [1.82, 2.24) is 5.32 Å². The van der Waals surface area contributed by atoms with Gasteiger partial charge < -0.3 is 15.2 Å². The summed E-state index contributed by atoms with van der Waals surface area (Å²) in [5.74, 6) is -4.11. The highest BCUT2D eigenvalue weighted by Gasteiger charge is 2.41. The molecule has 1 aliphatic rings. The van der Waals surface area contributed by atoms with E-state index in [1.54, 1.807) is 5.32 Å². The predicted octanol–water partition coefficient (Wildman–Crippen LogP) is 0.155. The molecule has 1 rings (SSSR count). The third kappa shape index (κ3) is 3.37. The third-order valence-corrected chi connectivity index (χ3v) is 2.15. The number of hydrogen-bond donors (Lipinski definition) is 2. The lowest BCUT2D eigenvalue weighted by atomic mass is 9.99. The molecule has 92 valence electrons. The third-order valence-electron chi connectivity index (χ3n) is 2.15. The van der Waals surface area contributed by atoms with Crippen LogP contribution in [0.2, 0.25) is 0 Å². The molecule has 0 saturated carbocycles. The Kier molecular flexibility index (Phi) is 3.74. The van der Waals surface area contributed by atoms with Crippen molar-refractivity contribution in [3.8, 4) is 0 Å². The molecule has 0 unspecified atom stereocenters. The number of hydrogen-bond acceptors (Lipinski definition) is 3. The molecule has 0 aliphatic carbocycles. The van der Waals surface area contributed by atoms with Gasteiger partial charge >= 0.3 is 18.1 Å². The van der Waals surface area contributed by atoms with Crippen molar-refractivity contribution in [2.24, 2.45) is 5.92 Å². The summed E-state index contributed by atoms with van der Waals surface area (Å²) in [6.45, 7) is -0.153. The van der Waals surface area contributed by atoms with E-state index in [4.69, 9.17) is 9.84 Å². The molecule has 0 spiro atoms. The Hall–Kier alpha value is -1.31. The fourth-order valence-electron chi connectivity index (χ4n) is 1.37. The molecule has 1 fully saturated rings. The maximum Gasteiger partial charge on any atom is 0.471 e. The number of carboxylic acids is 1. The zero-order valence-electron chi connectivity index (χ0n) is 8.08. The molecule has 16 heavy (non-hydrogen) atoms. The van der Waals surface area contributed by atoms with Gasteiger partial charge in [0.1, 0.15) is 0 Å². The number of aliphatic carboxylic acids is 1. The number of nitrogens with one attached hydrogen (secondary N) is 1. The van der Waals surface area contributed by atoms with E-state index in [-0.39, 0.29) is 19.6 Å². The smallest absolute Gasteiger partial charge is 0.471 e. The van der Waals surface area contributed by atoms with Gasteiger partial charge in [0.2, 0.25) is 0 Å². The topological polar surface area (TPSA) is 75.6 Å². The number of carbonyl (C=O) groups excluding carboxylic acids is 1. The normalized spacial score (nSPS) is 26.2. The van der Waals surface area contributed by atoms with Gasteiger partial charge in [0.25, 0.3) is 0 Å². The van der Waals surface area contributed by atoms with Crippen LogP contribution >= 0.6 is 0 Å². The first kappa shape index (κ1) is 12.8. The first-order valence-corrected chi connectivity index (χ1v) is 4.49. The van der Waals surface area contributed by atoms with E-state index in [1.807, 2.05) is 0 Å². The predicted molar refractivity (Wildman–Crippen MR) is 44.5 cm³/mol. The Bertz CT molecular complexity index is 291. The summed E-state index contributed by atoms with van der Waals surface area (Å²) in [5, 5.41) is 10.3. The number of carbonyl (C=O) groups is 2. The maximum atomic E-state index is 11.9. The molecule has 1 amide bonds. The Morgan fingerprint density at radius 1 is 1.31 bits per heavy atom. The van der Waals surface area contributed by atoms with E-state index in [0.29, 0.717) is 0 Å². The lowest BCUT2D eigenvalue weighted by Gasteiger charge is -2.27. The Morgan fingerprint density at radius 3 is 2.44 bits per heavy atom. The van der Waals surface area contributed by atoms with E-state index in [1.165, 1.54) is 0 Å². The second-order valence-corrected chi connectivity index (χ2v) is 3.48. The van der Waals surface area contributed by atoms with Gasteiger partial charge in [0.15, 0.2) is 0 Å². The second-order valence-electron chi connectivity index (χ2n) is 3.48. The van der Waals surface area contributed by atoms with Crippen molar-refractivity contribution in [2.45, 2.75) is 18.6 Å². The molecule has 2 atom stereocenters. The summed E-state index contributed by atoms with van der Waals surface area (Å²) in [4.78, 5) is 21.1. The maximum absolute atomic E-state index is 11.9. The highest BCUT2D eigenvalue weighted by atomic mass is 19.4. The van der Waals surface area contributed by atoms with Crippen LogP contribution in [0.25, 0.3) is 0 Å². The SMILES string of the molecule is O=C(O)[C@@H]1COC[C@H](NC(=O)C(F)(F)F)C1. The van der Waals surface area contributed by atoms with Crippen LogP contribution in [0.15, 0.2) is 0 Å².